The van der Waals surface area contributed by atoms with E-state index in [0.717, 1.165) is 17.6 Å². The summed E-state index contributed by atoms with van der Waals surface area (Å²) in [5.74, 6) is 0. The van der Waals surface area contributed by atoms with Gasteiger partial charge in [0.2, 0.25) is 0 Å². The van der Waals surface area contributed by atoms with Crippen LogP contribution in [0.2, 0.25) is 0 Å². The first-order valence-corrected chi connectivity index (χ1v) is 7.74. The van der Waals surface area contributed by atoms with Crippen molar-refractivity contribution in [2.45, 2.75) is 19.4 Å². The average Bonchev–Trinajstić information content (AvgIpc) is 2.99. The van der Waals surface area contributed by atoms with Crippen molar-refractivity contribution in [3.05, 3.63) is 66.1 Å². The van der Waals surface area contributed by atoms with Crippen LogP contribution in [0.3, 0.4) is 0 Å². The zero-order valence-electron chi connectivity index (χ0n) is 13.0. The molecule has 118 valence electrons. The Morgan fingerprint density at radius 2 is 2.04 bits per heavy atom. The van der Waals surface area contributed by atoms with Crippen LogP contribution in [0.4, 0.5) is 4.79 Å². The van der Waals surface area contributed by atoms with Crippen LogP contribution in [0.5, 0.6) is 0 Å². The van der Waals surface area contributed by atoms with Gasteiger partial charge in [-0.25, -0.2) is 4.79 Å². The molecule has 0 saturated carbocycles. The minimum absolute atomic E-state index is 0.121. The molecule has 0 aliphatic heterocycles. The number of pyridine rings is 1. The Kier molecular flexibility index (Phi) is 4.57. The Hall–Kier alpha value is -2.82. The number of H-pyrrole nitrogens is 1. The average molecular weight is 308 g/mol. The molecule has 1 atom stereocenters. The van der Waals surface area contributed by atoms with Crippen LogP contribution in [-0.2, 0) is 6.42 Å². The first-order valence-electron chi connectivity index (χ1n) is 7.74. The maximum atomic E-state index is 12.0. The minimum Gasteiger partial charge on any atom is -0.361 e. The molecule has 5 nitrogen and oxygen atoms in total. The van der Waals surface area contributed by atoms with E-state index < -0.39 is 0 Å². The molecule has 0 saturated heterocycles. The Balaban J connectivity index is 1.50. The summed E-state index contributed by atoms with van der Waals surface area (Å²) in [6, 6.07) is 13.5. The van der Waals surface area contributed by atoms with E-state index in [1.165, 1.54) is 10.9 Å². The van der Waals surface area contributed by atoms with Gasteiger partial charge >= 0.3 is 6.03 Å². The fourth-order valence-corrected chi connectivity index (χ4v) is 2.60. The normalized spacial score (nSPS) is 12.0. The number of aromatic amines is 1. The molecule has 0 aliphatic carbocycles. The maximum absolute atomic E-state index is 12.0. The van der Waals surface area contributed by atoms with Gasteiger partial charge in [0, 0.05) is 29.8 Å². The Labute approximate surface area is 135 Å². The van der Waals surface area contributed by atoms with Crippen LogP contribution >= 0.6 is 0 Å². The lowest BCUT2D eigenvalue weighted by Gasteiger charge is -2.14. The third-order valence-electron chi connectivity index (χ3n) is 3.83. The molecular formula is C18H20N4O. The summed E-state index contributed by atoms with van der Waals surface area (Å²) in [5.41, 5.74) is 3.17. The summed E-state index contributed by atoms with van der Waals surface area (Å²) in [5, 5.41) is 6.99. The largest absolute Gasteiger partial charge is 0.361 e. The number of fused-ring (bicyclic) bond motifs is 1. The van der Waals surface area contributed by atoms with E-state index in [9.17, 15) is 4.79 Å². The highest BCUT2D eigenvalue weighted by Crippen LogP contribution is 2.17. The second-order valence-electron chi connectivity index (χ2n) is 5.49. The molecule has 3 N–H and O–H groups in total. The van der Waals surface area contributed by atoms with E-state index in [-0.39, 0.29) is 12.1 Å². The molecule has 5 heteroatoms. The van der Waals surface area contributed by atoms with Crippen molar-refractivity contribution in [2.75, 3.05) is 6.54 Å². The second-order valence-corrected chi connectivity index (χ2v) is 5.49. The zero-order chi connectivity index (χ0) is 16.1. The highest BCUT2D eigenvalue weighted by molar-refractivity contribution is 5.83. The molecule has 3 aromatic rings. The predicted octanol–water partition coefficient (Wildman–Crippen LogP) is 3.17. The number of hydrogen-bond acceptors (Lipinski definition) is 2. The molecule has 2 aromatic heterocycles. The monoisotopic (exact) mass is 308 g/mol. The van der Waals surface area contributed by atoms with Gasteiger partial charge in [-0.1, -0.05) is 24.3 Å². The molecule has 0 radical (unpaired) electrons. The molecule has 3 rings (SSSR count). The van der Waals surface area contributed by atoms with Gasteiger partial charge in [-0.3, -0.25) is 4.98 Å². The van der Waals surface area contributed by atoms with Crippen LogP contribution in [0.1, 0.15) is 24.2 Å². The maximum Gasteiger partial charge on any atom is 0.315 e. The van der Waals surface area contributed by atoms with E-state index in [2.05, 4.69) is 26.7 Å². The highest BCUT2D eigenvalue weighted by Gasteiger charge is 2.10. The summed E-state index contributed by atoms with van der Waals surface area (Å²) < 4.78 is 0. The molecule has 23 heavy (non-hydrogen) atoms. The number of aromatic nitrogens is 2. The molecule has 0 spiro atoms. The lowest BCUT2D eigenvalue weighted by atomic mass is 10.1. The Morgan fingerprint density at radius 3 is 2.87 bits per heavy atom. The summed E-state index contributed by atoms with van der Waals surface area (Å²) >= 11 is 0. The van der Waals surface area contributed by atoms with Crippen molar-refractivity contribution in [1.29, 1.82) is 0 Å². The van der Waals surface area contributed by atoms with Crippen LogP contribution in [0.15, 0.2) is 54.9 Å². The highest BCUT2D eigenvalue weighted by atomic mass is 16.2. The quantitative estimate of drug-likeness (QED) is 0.677. The van der Waals surface area contributed by atoms with Gasteiger partial charge in [0.15, 0.2) is 0 Å². The Morgan fingerprint density at radius 1 is 1.22 bits per heavy atom. The third-order valence-corrected chi connectivity index (χ3v) is 3.83. The summed E-state index contributed by atoms with van der Waals surface area (Å²) in [7, 11) is 0. The molecule has 1 unspecified atom stereocenters. The number of carbonyl (C=O) groups is 1. The number of nitrogens with one attached hydrogen (secondary N) is 3. The van der Waals surface area contributed by atoms with Crippen LogP contribution in [0, 0.1) is 0 Å². The van der Waals surface area contributed by atoms with Gasteiger partial charge < -0.3 is 15.6 Å². The fraction of sp³-hybridized carbons (Fsp3) is 0.222. The third kappa shape index (κ3) is 3.69. The van der Waals surface area contributed by atoms with Crippen molar-refractivity contribution >= 4 is 16.9 Å². The van der Waals surface area contributed by atoms with Gasteiger partial charge in [0.05, 0.1) is 11.7 Å². The summed E-state index contributed by atoms with van der Waals surface area (Å²) in [6.45, 7) is 2.50. The number of urea groups is 1. The van der Waals surface area contributed by atoms with E-state index >= 15 is 0 Å². The van der Waals surface area contributed by atoms with Crippen LogP contribution in [-0.4, -0.2) is 22.5 Å². The van der Waals surface area contributed by atoms with Gasteiger partial charge in [-0.15, -0.1) is 0 Å². The van der Waals surface area contributed by atoms with Gasteiger partial charge in [0.25, 0.3) is 0 Å². The number of benzene rings is 1. The van der Waals surface area contributed by atoms with E-state index in [1.54, 1.807) is 6.20 Å². The van der Waals surface area contributed by atoms with E-state index in [1.807, 2.05) is 49.5 Å². The van der Waals surface area contributed by atoms with Crippen LogP contribution in [0.25, 0.3) is 10.9 Å². The second kappa shape index (κ2) is 6.96. The number of nitrogens with zero attached hydrogens (tertiary/aromatic N) is 1. The number of hydrogen-bond donors (Lipinski definition) is 3. The number of carbonyl (C=O) groups excluding carboxylic acids is 1. The molecule has 2 heterocycles. The molecular weight excluding hydrogens is 288 g/mol. The lowest BCUT2D eigenvalue weighted by molar-refractivity contribution is 0.238. The van der Waals surface area contributed by atoms with Gasteiger partial charge in [-0.2, -0.15) is 0 Å². The van der Waals surface area contributed by atoms with E-state index in [0.29, 0.717) is 6.54 Å². The van der Waals surface area contributed by atoms with Crippen molar-refractivity contribution in [3.8, 4) is 0 Å². The SMILES string of the molecule is CC(NC(=O)NCCc1c[nH]c2ccccc12)c1ccccn1. The molecule has 0 fully saturated rings. The topological polar surface area (TPSA) is 69.8 Å². The molecule has 1 aromatic carbocycles. The molecule has 0 aliphatic rings. The van der Waals surface area contributed by atoms with Crippen molar-refractivity contribution < 1.29 is 4.79 Å². The van der Waals surface area contributed by atoms with Crippen LogP contribution < -0.4 is 10.6 Å². The number of rotatable bonds is 5. The number of para-hydroxylation sites is 1. The van der Waals surface area contributed by atoms with Crippen molar-refractivity contribution in [1.82, 2.24) is 20.6 Å². The summed E-state index contributed by atoms with van der Waals surface area (Å²) in [4.78, 5) is 19.4. The van der Waals surface area contributed by atoms with Gasteiger partial charge in [-0.05, 0) is 37.1 Å². The predicted molar refractivity (Wildman–Crippen MR) is 91.2 cm³/mol. The lowest BCUT2D eigenvalue weighted by Crippen LogP contribution is -2.38. The summed E-state index contributed by atoms with van der Waals surface area (Å²) in [6.07, 6.45) is 4.51. The number of amides is 2. The first kappa shape index (κ1) is 15.1. The standard InChI is InChI=1S/C18H20N4O/c1-13(16-7-4-5-10-19-16)22-18(23)20-11-9-14-12-21-17-8-3-2-6-15(14)17/h2-8,10,12-13,21H,9,11H2,1H3,(H2,20,22,23). The molecule has 2 amide bonds. The van der Waals surface area contributed by atoms with E-state index in [4.69, 9.17) is 0 Å². The zero-order valence-corrected chi connectivity index (χ0v) is 13.0. The Bertz CT molecular complexity index is 782. The fourth-order valence-electron chi connectivity index (χ4n) is 2.60. The van der Waals surface area contributed by atoms with Crippen molar-refractivity contribution in [2.24, 2.45) is 0 Å². The smallest absolute Gasteiger partial charge is 0.315 e. The minimum atomic E-state index is -0.178. The van der Waals surface area contributed by atoms with Crippen molar-refractivity contribution in [3.63, 3.8) is 0 Å². The molecule has 0 bridgehead atoms. The van der Waals surface area contributed by atoms with Gasteiger partial charge in [0.1, 0.15) is 0 Å². The first-order chi connectivity index (χ1) is 11.2.